The molecule has 0 amide bonds. The lowest BCUT2D eigenvalue weighted by Crippen LogP contribution is -2.26. The SMILES string of the molecule is Cc1nn(Cc2ccc(C(C)CNC(C)C)cc2)cc1Cl. The molecule has 3 nitrogen and oxygen atoms in total. The molecule has 1 unspecified atom stereocenters. The highest BCUT2D eigenvalue weighted by molar-refractivity contribution is 6.31. The highest BCUT2D eigenvalue weighted by Gasteiger charge is 2.07. The Bertz CT molecular complexity index is 553. The summed E-state index contributed by atoms with van der Waals surface area (Å²) in [5.41, 5.74) is 3.48. The summed E-state index contributed by atoms with van der Waals surface area (Å²) in [7, 11) is 0. The predicted molar refractivity (Wildman–Crippen MR) is 89.1 cm³/mol. The Morgan fingerprint density at radius 3 is 2.38 bits per heavy atom. The van der Waals surface area contributed by atoms with E-state index in [1.165, 1.54) is 11.1 Å². The lowest BCUT2D eigenvalue weighted by atomic mass is 9.99. The van der Waals surface area contributed by atoms with Gasteiger partial charge in [-0.25, -0.2) is 0 Å². The van der Waals surface area contributed by atoms with Gasteiger partial charge in [0.2, 0.25) is 0 Å². The molecular formula is C17H24ClN3. The average molecular weight is 306 g/mol. The van der Waals surface area contributed by atoms with Gasteiger partial charge in [0, 0.05) is 18.8 Å². The van der Waals surface area contributed by atoms with Gasteiger partial charge < -0.3 is 5.32 Å². The molecule has 4 heteroatoms. The first kappa shape index (κ1) is 16.1. The maximum atomic E-state index is 6.03. The zero-order valence-electron chi connectivity index (χ0n) is 13.2. The number of rotatable bonds is 6. The molecule has 2 rings (SSSR count). The first-order valence-corrected chi connectivity index (χ1v) is 7.85. The van der Waals surface area contributed by atoms with E-state index in [4.69, 9.17) is 11.6 Å². The van der Waals surface area contributed by atoms with Crippen molar-refractivity contribution in [3.8, 4) is 0 Å². The normalized spacial score (nSPS) is 12.9. The Morgan fingerprint density at radius 2 is 1.86 bits per heavy atom. The van der Waals surface area contributed by atoms with E-state index < -0.39 is 0 Å². The predicted octanol–water partition coefficient (Wildman–Crippen LogP) is 3.99. The molecule has 0 radical (unpaired) electrons. The molecule has 0 aliphatic carbocycles. The van der Waals surface area contributed by atoms with E-state index in [1.54, 1.807) is 0 Å². The van der Waals surface area contributed by atoms with Crippen molar-refractivity contribution in [3.05, 3.63) is 52.3 Å². The van der Waals surface area contributed by atoms with Gasteiger partial charge in [-0.15, -0.1) is 0 Å². The molecule has 1 atom stereocenters. The van der Waals surface area contributed by atoms with Crippen LogP contribution in [0.2, 0.25) is 5.02 Å². The molecule has 1 N–H and O–H groups in total. The van der Waals surface area contributed by atoms with Crippen LogP contribution in [0.1, 0.15) is 43.5 Å². The standard InChI is InChI=1S/C17H24ClN3/c1-12(2)19-9-13(3)16-7-5-15(6-8-16)10-21-11-17(18)14(4)20-21/h5-8,11-13,19H,9-10H2,1-4H3. The third kappa shape index (κ3) is 4.58. The molecule has 1 aromatic heterocycles. The van der Waals surface area contributed by atoms with Gasteiger partial charge >= 0.3 is 0 Å². The number of hydrogen-bond donors (Lipinski definition) is 1. The summed E-state index contributed by atoms with van der Waals surface area (Å²) >= 11 is 6.03. The quantitative estimate of drug-likeness (QED) is 0.874. The molecular weight excluding hydrogens is 282 g/mol. The zero-order chi connectivity index (χ0) is 15.4. The Morgan fingerprint density at radius 1 is 1.19 bits per heavy atom. The fraction of sp³-hybridized carbons (Fsp3) is 0.471. The van der Waals surface area contributed by atoms with E-state index in [1.807, 2.05) is 17.8 Å². The lowest BCUT2D eigenvalue weighted by Gasteiger charge is -2.15. The minimum Gasteiger partial charge on any atom is -0.314 e. The maximum Gasteiger partial charge on any atom is 0.0815 e. The van der Waals surface area contributed by atoms with Gasteiger partial charge in [-0.2, -0.15) is 5.10 Å². The lowest BCUT2D eigenvalue weighted by molar-refractivity contribution is 0.548. The van der Waals surface area contributed by atoms with Crippen LogP contribution in [0.5, 0.6) is 0 Å². The highest BCUT2D eigenvalue weighted by atomic mass is 35.5. The van der Waals surface area contributed by atoms with Gasteiger partial charge in [0.15, 0.2) is 0 Å². The number of nitrogens with zero attached hydrogens (tertiary/aromatic N) is 2. The molecule has 0 aliphatic rings. The smallest absolute Gasteiger partial charge is 0.0815 e. The first-order chi connectivity index (χ1) is 9.95. The van der Waals surface area contributed by atoms with Crippen LogP contribution < -0.4 is 5.32 Å². The second kappa shape index (κ2) is 7.10. The largest absolute Gasteiger partial charge is 0.314 e. The third-order valence-electron chi connectivity index (χ3n) is 3.61. The summed E-state index contributed by atoms with van der Waals surface area (Å²) in [6, 6.07) is 9.29. The van der Waals surface area contributed by atoms with Crippen LogP contribution in [-0.4, -0.2) is 22.4 Å². The molecule has 114 valence electrons. The second-order valence-electron chi connectivity index (χ2n) is 5.97. The van der Waals surface area contributed by atoms with Gasteiger partial charge in [-0.05, 0) is 24.0 Å². The third-order valence-corrected chi connectivity index (χ3v) is 3.98. The minimum absolute atomic E-state index is 0.517. The van der Waals surface area contributed by atoms with Crippen LogP contribution in [0, 0.1) is 6.92 Å². The number of halogens is 1. The number of benzene rings is 1. The van der Waals surface area contributed by atoms with E-state index in [2.05, 4.69) is 55.5 Å². The number of hydrogen-bond acceptors (Lipinski definition) is 2. The van der Waals surface area contributed by atoms with Crippen LogP contribution >= 0.6 is 11.6 Å². The molecule has 1 heterocycles. The minimum atomic E-state index is 0.517. The fourth-order valence-corrected chi connectivity index (χ4v) is 2.39. The summed E-state index contributed by atoms with van der Waals surface area (Å²) in [4.78, 5) is 0. The van der Waals surface area contributed by atoms with Crippen molar-refractivity contribution in [2.45, 2.75) is 46.2 Å². The van der Waals surface area contributed by atoms with Crippen molar-refractivity contribution >= 4 is 11.6 Å². The van der Waals surface area contributed by atoms with Crippen molar-refractivity contribution in [1.82, 2.24) is 15.1 Å². The second-order valence-corrected chi connectivity index (χ2v) is 6.37. The Balaban J connectivity index is 1.98. The van der Waals surface area contributed by atoms with E-state index in [0.717, 1.165) is 23.8 Å². The molecule has 1 aromatic carbocycles. The fourth-order valence-electron chi connectivity index (χ4n) is 2.24. The Kier molecular flexibility index (Phi) is 5.43. The van der Waals surface area contributed by atoms with Crippen molar-refractivity contribution < 1.29 is 0 Å². The summed E-state index contributed by atoms with van der Waals surface area (Å²) in [6.07, 6.45) is 1.87. The van der Waals surface area contributed by atoms with Crippen molar-refractivity contribution in [2.24, 2.45) is 0 Å². The Labute approximate surface area is 132 Å². The van der Waals surface area contributed by atoms with E-state index >= 15 is 0 Å². The van der Waals surface area contributed by atoms with E-state index in [-0.39, 0.29) is 0 Å². The van der Waals surface area contributed by atoms with Gasteiger partial charge in [0.25, 0.3) is 0 Å². The molecule has 2 aromatic rings. The summed E-state index contributed by atoms with van der Waals surface area (Å²) in [5, 5.41) is 8.59. The number of aromatic nitrogens is 2. The van der Waals surface area contributed by atoms with E-state index in [0.29, 0.717) is 12.0 Å². The van der Waals surface area contributed by atoms with E-state index in [9.17, 15) is 0 Å². The van der Waals surface area contributed by atoms with Crippen LogP contribution in [0.25, 0.3) is 0 Å². The molecule has 0 saturated heterocycles. The van der Waals surface area contributed by atoms with Gasteiger partial charge in [-0.1, -0.05) is 56.6 Å². The van der Waals surface area contributed by atoms with Gasteiger partial charge in [-0.3, -0.25) is 4.68 Å². The molecule has 0 fully saturated rings. The maximum absolute atomic E-state index is 6.03. The summed E-state index contributed by atoms with van der Waals surface area (Å²) in [6.45, 7) is 10.3. The summed E-state index contributed by atoms with van der Waals surface area (Å²) in [5.74, 6) is 0.517. The average Bonchev–Trinajstić information content (AvgIpc) is 2.75. The van der Waals surface area contributed by atoms with Crippen molar-refractivity contribution in [2.75, 3.05) is 6.54 Å². The first-order valence-electron chi connectivity index (χ1n) is 7.47. The van der Waals surface area contributed by atoms with Crippen LogP contribution in [0.3, 0.4) is 0 Å². The molecule has 0 saturated carbocycles. The van der Waals surface area contributed by atoms with Crippen LogP contribution in [-0.2, 0) is 6.54 Å². The molecule has 0 aliphatic heterocycles. The zero-order valence-corrected chi connectivity index (χ0v) is 14.0. The number of aryl methyl sites for hydroxylation is 1. The highest BCUT2D eigenvalue weighted by Crippen LogP contribution is 2.17. The topological polar surface area (TPSA) is 29.9 Å². The summed E-state index contributed by atoms with van der Waals surface area (Å²) < 4.78 is 1.89. The van der Waals surface area contributed by atoms with Crippen LogP contribution in [0.15, 0.2) is 30.5 Å². The number of nitrogens with one attached hydrogen (secondary N) is 1. The van der Waals surface area contributed by atoms with Crippen molar-refractivity contribution in [1.29, 1.82) is 0 Å². The Hall–Kier alpha value is -1.32. The molecule has 0 bridgehead atoms. The van der Waals surface area contributed by atoms with Crippen molar-refractivity contribution in [3.63, 3.8) is 0 Å². The monoisotopic (exact) mass is 305 g/mol. The van der Waals surface area contributed by atoms with Gasteiger partial charge in [0.1, 0.15) is 0 Å². The van der Waals surface area contributed by atoms with Gasteiger partial charge in [0.05, 0.1) is 17.3 Å². The van der Waals surface area contributed by atoms with Crippen LogP contribution in [0.4, 0.5) is 0 Å². The molecule has 0 spiro atoms. The molecule has 21 heavy (non-hydrogen) atoms.